The molecule has 2 amide bonds. The molecule has 166 valence electrons. The Labute approximate surface area is 187 Å². The lowest BCUT2D eigenvalue weighted by atomic mass is 9.96. The molecule has 0 bridgehead atoms. The molecule has 1 fully saturated rings. The third-order valence-corrected chi connectivity index (χ3v) is 5.19. The molecule has 2 aromatic rings. The smallest absolute Gasteiger partial charge is 0.335 e. The van der Waals surface area contributed by atoms with Gasteiger partial charge >= 0.3 is 6.03 Å². The highest BCUT2D eigenvalue weighted by Gasteiger charge is 2.15. The lowest BCUT2D eigenvalue weighted by Crippen LogP contribution is -2.41. The van der Waals surface area contributed by atoms with Gasteiger partial charge in [0.05, 0.1) is 18.3 Å². The highest BCUT2D eigenvalue weighted by molar-refractivity contribution is 6.32. The van der Waals surface area contributed by atoms with Crippen molar-refractivity contribution in [2.24, 2.45) is 5.10 Å². The maximum atomic E-state index is 12.0. The summed E-state index contributed by atoms with van der Waals surface area (Å²) in [5, 5.41) is 7.32. The zero-order valence-corrected chi connectivity index (χ0v) is 18.4. The van der Waals surface area contributed by atoms with Crippen LogP contribution in [-0.2, 0) is 0 Å². The van der Waals surface area contributed by atoms with E-state index in [4.69, 9.17) is 25.8 Å². The van der Waals surface area contributed by atoms with Crippen molar-refractivity contribution in [1.82, 2.24) is 10.7 Å². The van der Waals surface area contributed by atoms with E-state index in [1.54, 1.807) is 12.1 Å². The van der Waals surface area contributed by atoms with Crippen LogP contribution in [0.15, 0.2) is 47.6 Å². The molecule has 2 aromatic carbocycles. The zero-order chi connectivity index (χ0) is 21.9. The van der Waals surface area contributed by atoms with Crippen molar-refractivity contribution < 1.29 is 19.0 Å². The Morgan fingerprint density at radius 3 is 2.61 bits per heavy atom. The van der Waals surface area contributed by atoms with Crippen molar-refractivity contribution in [2.45, 2.75) is 38.1 Å². The lowest BCUT2D eigenvalue weighted by Gasteiger charge is -2.22. The molecular weight excluding hydrogens is 418 g/mol. The molecule has 0 unspecified atom stereocenters. The van der Waals surface area contributed by atoms with Crippen molar-refractivity contribution in [2.75, 3.05) is 20.3 Å². The predicted molar refractivity (Wildman–Crippen MR) is 122 cm³/mol. The lowest BCUT2D eigenvalue weighted by molar-refractivity contribution is 0.211. The van der Waals surface area contributed by atoms with E-state index in [2.05, 4.69) is 15.8 Å². The van der Waals surface area contributed by atoms with E-state index >= 15 is 0 Å². The highest BCUT2D eigenvalue weighted by atomic mass is 35.5. The fourth-order valence-electron chi connectivity index (χ4n) is 3.40. The molecular formula is C23H28ClN3O4. The molecule has 0 atom stereocenters. The number of halogens is 1. The Bertz CT molecular complexity index is 871. The number of methoxy groups -OCH3 is 1. The minimum absolute atomic E-state index is 0.223. The molecule has 0 spiro atoms. The number of amides is 2. The summed E-state index contributed by atoms with van der Waals surface area (Å²) in [6, 6.07) is 12.9. The van der Waals surface area contributed by atoms with Gasteiger partial charge in [0, 0.05) is 6.04 Å². The molecule has 0 aromatic heterocycles. The molecule has 8 heteroatoms. The molecule has 3 rings (SSSR count). The Balaban J connectivity index is 1.50. The standard InChI is InChI=1S/C23H28ClN3O4/c1-29-21-15-17(16-25-27-23(28)26-18-8-4-2-5-9-18)14-20(24)22(21)31-13-12-30-19-10-6-3-7-11-19/h3,6-7,10-11,14-16,18H,2,4-5,8-9,12-13H2,1H3,(H2,26,27,28)/b25-16+. The number of para-hydroxylation sites is 1. The van der Waals surface area contributed by atoms with Crippen molar-refractivity contribution >= 4 is 23.8 Å². The quantitative estimate of drug-likeness (QED) is 0.331. The van der Waals surface area contributed by atoms with Crippen molar-refractivity contribution in [3.63, 3.8) is 0 Å². The number of rotatable bonds is 9. The van der Waals surface area contributed by atoms with Gasteiger partial charge in [-0.2, -0.15) is 5.10 Å². The van der Waals surface area contributed by atoms with E-state index in [0.29, 0.717) is 35.3 Å². The second-order valence-corrected chi connectivity index (χ2v) is 7.63. The van der Waals surface area contributed by atoms with Gasteiger partial charge in [-0.05, 0) is 42.7 Å². The summed E-state index contributed by atoms with van der Waals surface area (Å²) in [5.41, 5.74) is 3.17. The second kappa shape index (κ2) is 12.1. The summed E-state index contributed by atoms with van der Waals surface area (Å²) in [7, 11) is 1.54. The number of carbonyl (C=O) groups excluding carboxylic acids is 1. The summed E-state index contributed by atoms with van der Waals surface area (Å²) < 4.78 is 16.8. The Hall–Kier alpha value is -2.93. The van der Waals surface area contributed by atoms with Crippen LogP contribution in [-0.4, -0.2) is 38.6 Å². The summed E-state index contributed by atoms with van der Waals surface area (Å²) in [6.45, 7) is 0.675. The van der Waals surface area contributed by atoms with Gasteiger partial charge in [-0.3, -0.25) is 0 Å². The fraction of sp³-hybridized carbons (Fsp3) is 0.391. The van der Waals surface area contributed by atoms with Crippen molar-refractivity contribution in [3.05, 3.63) is 53.1 Å². The summed E-state index contributed by atoms with van der Waals surface area (Å²) in [6.07, 6.45) is 7.08. The number of urea groups is 1. The van der Waals surface area contributed by atoms with Gasteiger partial charge in [0.15, 0.2) is 11.5 Å². The van der Waals surface area contributed by atoms with Gasteiger partial charge in [0.25, 0.3) is 0 Å². The molecule has 31 heavy (non-hydrogen) atoms. The van der Waals surface area contributed by atoms with E-state index in [1.807, 2.05) is 30.3 Å². The monoisotopic (exact) mass is 445 g/mol. The first kappa shape index (κ1) is 22.7. The van der Waals surface area contributed by atoms with Crippen molar-refractivity contribution in [1.29, 1.82) is 0 Å². The number of hydrogen-bond acceptors (Lipinski definition) is 5. The summed E-state index contributed by atoms with van der Waals surface area (Å²) >= 11 is 6.37. The van der Waals surface area contributed by atoms with Crippen LogP contribution in [0.2, 0.25) is 5.02 Å². The number of nitrogens with zero attached hydrogens (tertiary/aromatic N) is 1. The largest absolute Gasteiger partial charge is 0.493 e. The SMILES string of the molecule is COc1cc(/C=N/NC(=O)NC2CCCCC2)cc(Cl)c1OCCOc1ccccc1. The fourth-order valence-corrected chi connectivity index (χ4v) is 3.68. The number of hydrogen-bond donors (Lipinski definition) is 2. The van der Waals surface area contributed by atoms with Gasteiger partial charge in [-0.25, -0.2) is 10.2 Å². The minimum atomic E-state index is -0.306. The van der Waals surface area contributed by atoms with Crippen molar-refractivity contribution in [3.8, 4) is 17.2 Å². The first-order valence-electron chi connectivity index (χ1n) is 10.4. The topological polar surface area (TPSA) is 81.2 Å². The van der Waals surface area contributed by atoms with Crippen LogP contribution in [0.3, 0.4) is 0 Å². The van der Waals surface area contributed by atoms with E-state index in [0.717, 1.165) is 31.4 Å². The van der Waals surface area contributed by atoms with Gasteiger partial charge in [0.2, 0.25) is 0 Å². The van der Waals surface area contributed by atoms with Crippen LogP contribution in [0.25, 0.3) is 0 Å². The average Bonchev–Trinajstić information content (AvgIpc) is 2.79. The molecule has 0 radical (unpaired) electrons. The Morgan fingerprint density at radius 1 is 1.13 bits per heavy atom. The molecule has 0 heterocycles. The number of nitrogens with one attached hydrogen (secondary N) is 2. The highest BCUT2D eigenvalue weighted by Crippen LogP contribution is 2.36. The second-order valence-electron chi connectivity index (χ2n) is 7.22. The van der Waals surface area contributed by atoms with Crippen LogP contribution < -0.4 is 25.0 Å². The third-order valence-electron chi connectivity index (χ3n) is 4.91. The maximum Gasteiger partial charge on any atom is 0.335 e. The van der Waals surface area contributed by atoms with Gasteiger partial charge < -0.3 is 19.5 Å². The molecule has 0 aliphatic heterocycles. The van der Waals surface area contributed by atoms with Gasteiger partial charge in [-0.15, -0.1) is 0 Å². The Kier molecular flexibility index (Phi) is 8.84. The molecule has 2 N–H and O–H groups in total. The van der Waals surface area contributed by atoms with Crippen LogP contribution in [0, 0.1) is 0 Å². The van der Waals surface area contributed by atoms with Gasteiger partial charge in [0.1, 0.15) is 19.0 Å². The number of benzene rings is 2. The van der Waals surface area contributed by atoms with Crippen LogP contribution in [0.1, 0.15) is 37.7 Å². The summed E-state index contributed by atoms with van der Waals surface area (Å²) in [5.74, 6) is 1.68. The maximum absolute atomic E-state index is 12.0. The van der Waals surface area contributed by atoms with E-state index in [-0.39, 0.29) is 12.1 Å². The number of carbonyl (C=O) groups is 1. The molecule has 7 nitrogen and oxygen atoms in total. The third kappa shape index (κ3) is 7.36. The van der Waals surface area contributed by atoms with E-state index < -0.39 is 0 Å². The van der Waals surface area contributed by atoms with Crippen LogP contribution in [0.4, 0.5) is 4.79 Å². The predicted octanol–water partition coefficient (Wildman–Crippen LogP) is 4.77. The van der Waals surface area contributed by atoms with E-state index in [9.17, 15) is 4.79 Å². The van der Waals surface area contributed by atoms with Gasteiger partial charge in [-0.1, -0.05) is 49.1 Å². The average molecular weight is 446 g/mol. The van der Waals surface area contributed by atoms with E-state index in [1.165, 1.54) is 19.7 Å². The number of ether oxygens (including phenoxy) is 3. The number of hydrazone groups is 1. The first-order valence-corrected chi connectivity index (χ1v) is 10.8. The molecule has 1 saturated carbocycles. The van der Waals surface area contributed by atoms with Crippen LogP contribution >= 0.6 is 11.6 Å². The molecule has 1 aliphatic carbocycles. The zero-order valence-electron chi connectivity index (χ0n) is 17.6. The Morgan fingerprint density at radius 2 is 1.87 bits per heavy atom. The summed E-state index contributed by atoms with van der Waals surface area (Å²) in [4.78, 5) is 12.0. The molecule has 1 aliphatic rings. The van der Waals surface area contributed by atoms with Crippen LogP contribution in [0.5, 0.6) is 17.2 Å². The molecule has 0 saturated heterocycles. The normalized spacial score (nSPS) is 14.3. The first-order chi connectivity index (χ1) is 15.2. The minimum Gasteiger partial charge on any atom is -0.493 e.